The zero-order chi connectivity index (χ0) is 19.1. The van der Waals surface area contributed by atoms with E-state index in [-0.39, 0.29) is 24.3 Å². The van der Waals surface area contributed by atoms with Crippen molar-refractivity contribution in [3.63, 3.8) is 0 Å². The van der Waals surface area contributed by atoms with Crippen molar-refractivity contribution in [2.24, 2.45) is 0 Å². The lowest BCUT2D eigenvalue weighted by molar-refractivity contribution is -0.121. The van der Waals surface area contributed by atoms with Crippen LogP contribution in [0.4, 0.5) is 5.69 Å². The quantitative estimate of drug-likeness (QED) is 0.757. The fraction of sp³-hybridized carbons (Fsp3) is 0.304. The highest BCUT2D eigenvalue weighted by Gasteiger charge is 2.23. The number of nitrogens with one attached hydrogen (secondary N) is 2. The molecule has 0 saturated heterocycles. The van der Waals surface area contributed by atoms with Gasteiger partial charge in [0, 0.05) is 11.7 Å². The van der Waals surface area contributed by atoms with Gasteiger partial charge >= 0.3 is 0 Å². The van der Waals surface area contributed by atoms with Crippen LogP contribution in [0.2, 0.25) is 0 Å². The van der Waals surface area contributed by atoms with Gasteiger partial charge < -0.3 is 10.6 Å². The van der Waals surface area contributed by atoms with Gasteiger partial charge in [0.2, 0.25) is 11.8 Å². The van der Waals surface area contributed by atoms with E-state index in [1.54, 1.807) is 6.07 Å². The smallest absolute Gasteiger partial charge is 0.247 e. The Morgan fingerprint density at radius 2 is 1.63 bits per heavy atom. The van der Waals surface area contributed by atoms with E-state index in [2.05, 4.69) is 41.5 Å². The maximum atomic E-state index is 12.5. The lowest BCUT2D eigenvalue weighted by Crippen LogP contribution is -2.38. The minimum absolute atomic E-state index is 0.00142. The summed E-state index contributed by atoms with van der Waals surface area (Å²) in [5, 5.41) is 5.92. The standard InChI is InChI=1S/C23H26N2O2/c1-2-22(26)25-21-11-7-6-10-19(21)16-23(27)24-20-14-12-18(13-15-20)17-8-4-3-5-9-17/h2-11,18,20H,1,12-16H2,(H,24,27)(H,25,26). The average Bonchev–Trinajstić information content (AvgIpc) is 2.70. The van der Waals surface area contributed by atoms with E-state index in [1.807, 2.05) is 24.3 Å². The third kappa shape index (κ3) is 5.30. The van der Waals surface area contributed by atoms with Gasteiger partial charge in [0.05, 0.1) is 6.42 Å². The fourth-order valence-electron chi connectivity index (χ4n) is 3.73. The molecule has 0 atom stereocenters. The summed E-state index contributed by atoms with van der Waals surface area (Å²) < 4.78 is 0. The first-order valence-corrected chi connectivity index (χ1v) is 9.51. The molecule has 0 aliphatic heterocycles. The first kappa shape index (κ1) is 18.9. The van der Waals surface area contributed by atoms with E-state index in [0.29, 0.717) is 11.6 Å². The van der Waals surface area contributed by atoms with Gasteiger partial charge in [-0.05, 0) is 54.9 Å². The van der Waals surface area contributed by atoms with Crippen LogP contribution in [0, 0.1) is 0 Å². The summed E-state index contributed by atoms with van der Waals surface area (Å²) in [6.45, 7) is 3.46. The van der Waals surface area contributed by atoms with Gasteiger partial charge in [-0.2, -0.15) is 0 Å². The molecule has 1 saturated carbocycles. The topological polar surface area (TPSA) is 58.2 Å². The Hall–Kier alpha value is -2.88. The number of hydrogen-bond acceptors (Lipinski definition) is 2. The van der Waals surface area contributed by atoms with Crippen LogP contribution in [-0.2, 0) is 16.0 Å². The van der Waals surface area contributed by atoms with Crippen LogP contribution in [0.5, 0.6) is 0 Å². The lowest BCUT2D eigenvalue weighted by Gasteiger charge is -2.29. The Bertz CT molecular complexity index is 793. The normalized spacial score (nSPS) is 19.1. The summed E-state index contributed by atoms with van der Waals surface area (Å²) in [5.74, 6) is 0.315. The molecule has 4 heteroatoms. The van der Waals surface area contributed by atoms with Crippen molar-refractivity contribution in [2.75, 3.05) is 5.32 Å². The van der Waals surface area contributed by atoms with Crippen LogP contribution in [0.25, 0.3) is 0 Å². The summed E-state index contributed by atoms with van der Waals surface area (Å²) in [6, 6.07) is 18.2. The Morgan fingerprint density at radius 3 is 2.33 bits per heavy atom. The lowest BCUT2D eigenvalue weighted by atomic mass is 9.82. The van der Waals surface area contributed by atoms with Crippen molar-refractivity contribution in [2.45, 2.75) is 44.1 Å². The van der Waals surface area contributed by atoms with Gasteiger partial charge in [-0.3, -0.25) is 9.59 Å². The van der Waals surface area contributed by atoms with Crippen LogP contribution < -0.4 is 10.6 Å². The maximum absolute atomic E-state index is 12.5. The summed E-state index contributed by atoms with van der Waals surface area (Å²) in [6.07, 6.45) is 5.68. The molecule has 0 spiro atoms. The second kappa shape index (κ2) is 9.17. The highest BCUT2D eigenvalue weighted by molar-refractivity contribution is 5.99. The van der Waals surface area contributed by atoms with Crippen LogP contribution in [0.3, 0.4) is 0 Å². The third-order valence-corrected chi connectivity index (χ3v) is 5.17. The SMILES string of the molecule is C=CC(=O)Nc1ccccc1CC(=O)NC1CCC(c2ccccc2)CC1. The number of benzene rings is 2. The van der Waals surface area contributed by atoms with Gasteiger partial charge in [0.1, 0.15) is 0 Å². The van der Waals surface area contributed by atoms with Crippen molar-refractivity contribution in [1.29, 1.82) is 0 Å². The molecular weight excluding hydrogens is 336 g/mol. The van der Waals surface area contributed by atoms with E-state index < -0.39 is 0 Å². The molecule has 0 radical (unpaired) electrons. The van der Waals surface area contributed by atoms with Crippen molar-refractivity contribution in [1.82, 2.24) is 5.32 Å². The van der Waals surface area contributed by atoms with Crippen LogP contribution in [0.1, 0.15) is 42.7 Å². The predicted molar refractivity (Wildman–Crippen MR) is 109 cm³/mol. The molecule has 2 N–H and O–H groups in total. The van der Waals surface area contributed by atoms with Crippen molar-refractivity contribution < 1.29 is 9.59 Å². The van der Waals surface area contributed by atoms with Crippen LogP contribution in [0.15, 0.2) is 67.3 Å². The Morgan fingerprint density at radius 1 is 0.963 bits per heavy atom. The van der Waals surface area contributed by atoms with Crippen molar-refractivity contribution >= 4 is 17.5 Å². The number of para-hydroxylation sites is 1. The van der Waals surface area contributed by atoms with Gasteiger partial charge in [-0.25, -0.2) is 0 Å². The zero-order valence-electron chi connectivity index (χ0n) is 15.5. The van der Waals surface area contributed by atoms with Gasteiger partial charge in [0.15, 0.2) is 0 Å². The molecule has 1 aliphatic carbocycles. The molecule has 0 aromatic heterocycles. The summed E-state index contributed by atoms with van der Waals surface area (Å²) in [5.41, 5.74) is 2.86. The van der Waals surface area contributed by atoms with Crippen LogP contribution >= 0.6 is 0 Å². The minimum Gasteiger partial charge on any atom is -0.353 e. The highest BCUT2D eigenvalue weighted by Crippen LogP contribution is 2.32. The Balaban J connectivity index is 1.52. The minimum atomic E-state index is -0.276. The number of rotatable bonds is 6. The number of amides is 2. The van der Waals surface area contributed by atoms with Crippen LogP contribution in [-0.4, -0.2) is 17.9 Å². The van der Waals surface area contributed by atoms with E-state index in [1.165, 1.54) is 11.6 Å². The predicted octanol–water partition coefficient (Wildman–Crippen LogP) is 4.20. The Kier molecular flexibility index (Phi) is 6.42. The summed E-state index contributed by atoms with van der Waals surface area (Å²) >= 11 is 0. The van der Waals surface area contributed by atoms with E-state index in [9.17, 15) is 9.59 Å². The first-order valence-electron chi connectivity index (χ1n) is 9.51. The molecule has 2 amide bonds. The van der Waals surface area contributed by atoms with Gasteiger partial charge in [-0.1, -0.05) is 55.1 Å². The van der Waals surface area contributed by atoms with Crippen molar-refractivity contribution in [3.05, 3.63) is 78.4 Å². The molecule has 3 rings (SSSR count). The second-order valence-corrected chi connectivity index (χ2v) is 7.05. The number of carbonyl (C=O) groups is 2. The van der Waals surface area contributed by atoms with Gasteiger partial charge in [-0.15, -0.1) is 0 Å². The molecule has 2 aromatic rings. The molecule has 27 heavy (non-hydrogen) atoms. The third-order valence-electron chi connectivity index (χ3n) is 5.17. The van der Waals surface area contributed by atoms with Gasteiger partial charge in [0.25, 0.3) is 0 Å². The molecule has 2 aromatic carbocycles. The number of anilines is 1. The monoisotopic (exact) mass is 362 g/mol. The van der Waals surface area contributed by atoms with E-state index >= 15 is 0 Å². The molecule has 4 nitrogen and oxygen atoms in total. The first-order chi connectivity index (χ1) is 13.2. The summed E-state index contributed by atoms with van der Waals surface area (Å²) in [7, 11) is 0. The molecular formula is C23H26N2O2. The molecule has 0 bridgehead atoms. The molecule has 1 aliphatic rings. The van der Waals surface area contributed by atoms with Crippen molar-refractivity contribution in [3.8, 4) is 0 Å². The molecule has 0 heterocycles. The maximum Gasteiger partial charge on any atom is 0.247 e. The highest BCUT2D eigenvalue weighted by atomic mass is 16.2. The van der Waals surface area contributed by atoms with E-state index in [0.717, 1.165) is 31.2 Å². The molecule has 1 fully saturated rings. The average molecular weight is 362 g/mol. The molecule has 0 unspecified atom stereocenters. The largest absolute Gasteiger partial charge is 0.353 e. The Labute approximate surface area is 160 Å². The van der Waals surface area contributed by atoms with E-state index in [4.69, 9.17) is 0 Å². The zero-order valence-corrected chi connectivity index (χ0v) is 15.5. The molecule has 140 valence electrons. The fourth-order valence-corrected chi connectivity index (χ4v) is 3.73. The summed E-state index contributed by atoms with van der Waals surface area (Å²) in [4.78, 5) is 24.0. The number of carbonyl (C=O) groups excluding carboxylic acids is 2. The second-order valence-electron chi connectivity index (χ2n) is 7.05. The number of hydrogen-bond donors (Lipinski definition) is 2.